The molecule has 0 aliphatic carbocycles. The van der Waals surface area contributed by atoms with Gasteiger partial charge >= 0.3 is 5.97 Å². The van der Waals surface area contributed by atoms with Crippen molar-refractivity contribution >= 4 is 5.97 Å². The minimum Gasteiger partial charge on any atom is -0.469 e. The maximum atomic E-state index is 11.5. The third kappa shape index (κ3) is 3.57. The van der Waals surface area contributed by atoms with E-state index in [-0.39, 0.29) is 5.97 Å². The zero-order chi connectivity index (χ0) is 13.7. The van der Waals surface area contributed by atoms with Crippen molar-refractivity contribution in [3.63, 3.8) is 0 Å². The molecule has 3 heteroatoms. The SMILES string of the molecule is CCC1CCCN1Cc1ccccc1CC(=O)OC. The van der Waals surface area contributed by atoms with E-state index in [1.165, 1.54) is 38.5 Å². The predicted molar refractivity (Wildman–Crippen MR) is 75.9 cm³/mol. The summed E-state index contributed by atoms with van der Waals surface area (Å²) in [6.45, 7) is 4.38. The van der Waals surface area contributed by atoms with E-state index in [0.29, 0.717) is 12.5 Å². The summed E-state index contributed by atoms with van der Waals surface area (Å²) in [6.07, 6.45) is 4.17. The Kier molecular flexibility index (Phi) is 4.97. The van der Waals surface area contributed by atoms with Crippen LogP contribution in [0, 0.1) is 0 Å². The molecule has 0 amide bonds. The van der Waals surface area contributed by atoms with E-state index in [4.69, 9.17) is 4.74 Å². The van der Waals surface area contributed by atoms with Gasteiger partial charge in [-0.25, -0.2) is 0 Å². The normalized spacial score (nSPS) is 19.6. The van der Waals surface area contributed by atoms with Crippen molar-refractivity contribution in [2.24, 2.45) is 0 Å². The standard InChI is InChI=1S/C16H23NO2/c1-3-15-9-6-10-17(15)12-14-8-5-4-7-13(14)11-16(18)19-2/h4-5,7-8,15H,3,6,9-12H2,1-2H3. The lowest BCUT2D eigenvalue weighted by Gasteiger charge is -2.24. The molecule has 2 rings (SSSR count). The van der Waals surface area contributed by atoms with E-state index in [0.717, 1.165) is 12.1 Å². The average Bonchev–Trinajstić information content (AvgIpc) is 2.88. The van der Waals surface area contributed by atoms with Gasteiger partial charge in [-0.15, -0.1) is 0 Å². The molecule has 1 unspecified atom stereocenters. The number of ether oxygens (including phenoxy) is 1. The number of esters is 1. The molecule has 0 radical (unpaired) electrons. The molecule has 1 fully saturated rings. The first kappa shape index (κ1) is 14.1. The number of benzene rings is 1. The van der Waals surface area contributed by atoms with Crippen molar-refractivity contribution in [3.05, 3.63) is 35.4 Å². The van der Waals surface area contributed by atoms with Crippen LogP contribution in [0.25, 0.3) is 0 Å². The number of carbonyl (C=O) groups is 1. The van der Waals surface area contributed by atoms with Crippen LogP contribution in [-0.2, 0) is 22.5 Å². The van der Waals surface area contributed by atoms with Gasteiger partial charge < -0.3 is 4.74 Å². The van der Waals surface area contributed by atoms with Crippen LogP contribution in [0.4, 0.5) is 0 Å². The van der Waals surface area contributed by atoms with Crippen LogP contribution in [0.2, 0.25) is 0 Å². The fourth-order valence-electron chi connectivity index (χ4n) is 2.90. The first-order chi connectivity index (χ1) is 9.24. The van der Waals surface area contributed by atoms with Crippen molar-refractivity contribution in [1.29, 1.82) is 0 Å². The maximum Gasteiger partial charge on any atom is 0.309 e. The van der Waals surface area contributed by atoms with Crippen molar-refractivity contribution in [3.8, 4) is 0 Å². The van der Waals surface area contributed by atoms with Crippen molar-refractivity contribution < 1.29 is 9.53 Å². The minimum atomic E-state index is -0.166. The summed E-state index contributed by atoms with van der Waals surface area (Å²) in [5.41, 5.74) is 2.35. The van der Waals surface area contributed by atoms with E-state index in [2.05, 4.69) is 17.9 Å². The summed E-state index contributed by atoms with van der Waals surface area (Å²) in [5, 5.41) is 0. The molecule has 3 nitrogen and oxygen atoms in total. The highest BCUT2D eigenvalue weighted by molar-refractivity contribution is 5.72. The second-order valence-corrected chi connectivity index (χ2v) is 5.20. The molecule has 104 valence electrons. The molecule has 1 atom stereocenters. The molecule has 1 heterocycles. The number of carbonyl (C=O) groups excluding carboxylic acids is 1. The summed E-state index contributed by atoms with van der Waals surface area (Å²) in [7, 11) is 1.44. The van der Waals surface area contributed by atoms with Crippen LogP contribution in [0.15, 0.2) is 24.3 Å². The Morgan fingerprint density at radius 2 is 2.11 bits per heavy atom. The zero-order valence-electron chi connectivity index (χ0n) is 11.9. The summed E-state index contributed by atoms with van der Waals surface area (Å²) < 4.78 is 4.77. The van der Waals surface area contributed by atoms with Gasteiger partial charge in [0.2, 0.25) is 0 Å². The lowest BCUT2D eigenvalue weighted by Crippen LogP contribution is -2.28. The smallest absolute Gasteiger partial charge is 0.309 e. The van der Waals surface area contributed by atoms with Gasteiger partial charge in [-0.1, -0.05) is 31.2 Å². The van der Waals surface area contributed by atoms with Crippen LogP contribution in [0.3, 0.4) is 0 Å². The van der Waals surface area contributed by atoms with Crippen LogP contribution in [-0.4, -0.2) is 30.6 Å². The maximum absolute atomic E-state index is 11.5. The first-order valence-corrected chi connectivity index (χ1v) is 7.12. The highest BCUT2D eigenvalue weighted by atomic mass is 16.5. The topological polar surface area (TPSA) is 29.5 Å². The quantitative estimate of drug-likeness (QED) is 0.763. The lowest BCUT2D eigenvalue weighted by atomic mass is 10.0. The highest BCUT2D eigenvalue weighted by Crippen LogP contribution is 2.23. The molecule has 1 saturated heterocycles. The van der Waals surface area contributed by atoms with Crippen LogP contribution >= 0.6 is 0 Å². The Morgan fingerprint density at radius 3 is 2.79 bits per heavy atom. The van der Waals surface area contributed by atoms with E-state index in [9.17, 15) is 4.79 Å². The Balaban J connectivity index is 2.09. The third-order valence-electron chi connectivity index (χ3n) is 4.02. The van der Waals surface area contributed by atoms with Crippen LogP contribution in [0.1, 0.15) is 37.3 Å². The average molecular weight is 261 g/mol. The number of hydrogen-bond donors (Lipinski definition) is 0. The van der Waals surface area contributed by atoms with Gasteiger partial charge in [0.15, 0.2) is 0 Å². The van der Waals surface area contributed by atoms with Gasteiger partial charge in [-0.05, 0) is 36.9 Å². The third-order valence-corrected chi connectivity index (χ3v) is 4.02. The van der Waals surface area contributed by atoms with Gasteiger partial charge in [-0.3, -0.25) is 9.69 Å². The molecule has 0 spiro atoms. The molecule has 19 heavy (non-hydrogen) atoms. The number of hydrogen-bond acceptors (Lipinski definition) is 3. The molecular weight excluding hydrogens is 238 g/mol. The second-order valence-electron chi connectivity index (χ2n) is 5.20. The molecule has 1 aromatic rings. The van der Waals surface area contributed by atoms with Gasteiger partial charge in [0, 0.05) is 12.6 Å². The van der Waals surface area contributed by atoms with Crippen molar-refractivity contribution in [1.82, 2.24) is 4.90 Å². The van der Waals surface area contributed by atoms with Gasteiger partial charge in [0.25, 0.3) is 0 Å². The van der Waals surface area contributed by atoms with E-state index >= 15 is 0 Å². The summed E-state index contributed by atoms with van der Waals surface area (Å²) in [5.74, 6) is -0.166. The van der Waals surface area contributed by atoms with E-state index in [1.54, 1.807) is 0 Å². The Bertz CT molecular complexity index is 431. The molecule has 0 saturated carbocycles. The molecule has 1 aromatic carbocycles. The Labute approximate surface area is 115 Å². The van der Waals surface area contributed by atoms with E-state index in [1.807, 2.05) is 18.2 Å². The fourth-order valence-corrected chi connectivity index (χ4v) is 2.90. The van der Waals surface area contributed by atoms with E-state index < -0.39 is 0 Å². The molecular formula is C16H23NO2. The zero-order valence-corrected chi connectivity index (χ0v) is 11.9. The second kappa shape index (κ2) is 6.71. The Hall–Kier alpha value is -1.35. The number of methoxy groups -OCH3 is 1. The molecule has 1 aliphatic heterocycles. The molecule has 0 N–H and O–H groups in total. The molecule has 1 aliphatic rings. The predicted octanol–water partition coefficient (Wildman–Crippen LogP) is 2.78. The van der Waals surface area contributed by atoms with Gasteiger partial charge in [0.05, 0.1) is 13.5 Å². The Morgan fingerprint density at radius 1 is 1.37 bits per heavy atom. The molecule has 0 aromatic heterocycles. The number of likely N-dealkylation sites (tertiary alicyclic amines) is 1. The van der Waals surface area contributed by atoms with Crippen molar-refractivity contribution in [2.45, 2.75) is 45.2 Å². The van der Waals surface area contributed by atoms with Gasteiger partial charge in [0.1, 0.15) is 0 Å². The minimum absolute atomic E-state index is 0.166. The summed E-state index contributed by atoms with van der Waals surface area (Å²) in [4.78, 5) is 14.0. The summed E-state index contributed by atoms with van der Waals surface area (Å²) in [6, 6.07) is 8.90. The first-order valence-electron chi connectivity index (χ1n) is 7.12. The lowest BCUT2D eigenvalue weighted by molar-refractivity contribution is -0.139. The number of nitrogens with zero attached hydrogens (tertiary/aromatic N) is 1. The van der Waals surface area contributed by atoms with Crippen LogP contribution < -0.4 is 0 Å². The number of rotatable bonds is 5. The summed E-state index contributed by atoms with van der Waals surface area (Å²) >= 11 is 0. The van der Waals surface area contributed by atoms with Crippen LogP contribution in [0.5, 0.6) is 0 Å². The van der Waals surface area contributed by atoms with Gasteiger partial charge in [-0.2, -0.15) is 0 Å². The monoisotopic (exact) mass is 261 g/mol. The highest BCUT2D eigenvalue weighted by Gasteiger charge is 2.23. The molecule has 0 bridgehead atoms. The largest absolute Gasteiger partial charge is 0.469 e. The van der Waals surface area contributed by atoms with Crippen molar-refractivity contribution in [2.75, 3.05) is 13.7 Å². The fraction of sp³-hybridized carbons (Fsp3) is 0.562.